The molecule has 2 saturated heterocycles. The smallest absolute Gasteiger partial charge is 0.313 e. The Labute approximate surface area is 260 Å². The van der Waals surface area contributed by atoms with Gasteiger partial charge in [0.15, 0.2) is 0 Å². The Hall–Kier alpha value is -3.02. The van der Waals surface area contributed by atoms with E-state index in [4.69, 9.17) is 9.47 Å². The van der Waals surface area contributed by atoms with E-state index in [1.54, 1.807) is 11.0 Å². The van der Waals surface area contributed by atoms with E-state index in [9.17, 15) is 24.3 Å². The third kappa shape index (κ3) is 6.17. The van der Waals surface area contributed by atoms with Gasteiger partial charge in [0.25, 0.3) is 0 Å². The molecular formula is C32H40BrN3O7. The molecule has 4 aliphatic rings. The lowest BCUT2D eigenvalue weighted by Crippen LogP contribution is -2.56. The number of carbonyl (C=O) groups excluding carboxylic acids is 4. The number of aliphatic hydroxyl groups is 1. The number of cyclic esters (lactones) is 1. The maximum absolute atomic E-state index is 14.4. The maximum atomic E-state index is 14.4. The van der Waals surface area contributed by atoms with E-state index in [-0.39, 0.29) is 50.3 Å². The van der Waals surface area contributed by atoms with E-state index < -0.39 is 41.7 Å². The highest BCUT2D eigenvalue weighted by Gasteiger charge is 2.74. The molecule has 0 aromatic heterocycles. The van der Waals surface area contributed by atoms with Crippen LogP contribution < -0.4 is 5.32 Å². The molecule has 43 heavy (non-hydrogen) atoms. The summed E-state index contributed by atoms with van der Waals surface area (Å²) in [5.41, 5.74) is -0.644. The van der Waals surface area contributed by atoms with Gasteiger partial charge in [-0.25, -0.2) is 0 Å². The fraction of sp³-hybridized carbons (Fsp3) is 0.562. The molecule has 5 rings (SSSR count). The first-order chi connectivity index (χ1) is 20.8. The first kappa shape index (κ1) is 31.4. The van der Waals surface area contributed by atoms with Gasteiger partial charge in [0.05, 0.1) is 12.5 Å². The fourth-order valence-corrected chi connectivity index (χ4v) is 7.44. The number of hydrogen-bond donors (Lipinski definition) is 2. The summed E-state index contributed by atoms with van der Waals surface area (Å²) in [6.45, 7) is 2.99. The zero-order chi connectivity index (χ0) is 30.6. The van der Waals surface area contributed by atoms with Gasteiger partial charge in [-0.1, -0.05) is 78.2 Å². The van der Waals surface area contributed by atoms with Crippen LogP contribution in [0.25, 0.3) is 0 Å². The van der Waals surface area contributed by atoms with Crippen LogP contribution in [0.5, 0.6) is 0 Å². The second-order valence-corrected chi connectivity index (χ2v) is 12.5. The molecule has 1 spiro atoms. The number of allylic oxidation sites excluding steroid dienone is 1. The van der Waals surface area contributed by atoms with Gasteiger partial charge < -0.3 is 29.7 Å². The number of amides is 3. The summed E-state index contributed by atoms with van der Waals surface area (Å²) in [5, 5.41) is 12.5. The zero-order valence-electron chi connectivity index (χ0n) is 24.5. The summed E-state index contributed by atoms with van der Waals surface area (Å²) in [5.74, 6) is -3.38. The predicted molar refractivity (Wildman–Crippen MR) is 162 cm³/mol. The van der Waals surface area contributed by atoms with Gasteiger partial charge in [0.2, 0.25) is 17.7 Å². The van der Waals surface area contributed by atoms with E-state index in [0.717, 1.165) is 19.3 Å². The minimum atomic E-state index is -1.35. The number of benzene rings is 1. The first-order valence-corrected chi connectivity index (χ1v) is 16.0. The predicted octanol–water partition coefficient (Wildman–Crippen LogP) is 3.01. The summed E-state index contributed by atoms with van der Waals surface area (Å²) in [7, 11) is 0. The number of likely N-dealkylation sites (tertiary alicyclic amines) is 1. The van der Waals surface area contributed by atoms with Crippen LogP contribution in [-0.2, 0) is 28.7 Å². The number of unbranched alkanes of at least 4 members (excludes halogenated alkanes) is 2. The van der Waals surface area contributed by atoms with E-state index >= 15 is 0 Å². The number of carbonyl (C=O) groups is 4. The highest BCUT2D eigenvalue weighted by Crippen LogP contribution is 2.59. The number of halogens is 1. The van der Waals surface area contributed by atoms with Crippen LogP contribution in [0, 0.1) is 11.8 Å². The molecule has 0 saturated carbocycles. The monoisotopic (exact) mass is 657 g/mol. The van der Waals surface area contributed by atoms with Crippen molar-refractivity contribution in [2.75, 3.05) is 32.8 Å². The number of esters is 1. The number of nitrogens with zero attached hydrogens (tertiary/aromatic N) is 2. The normalized spacial score (nSPS) is 32.0. The van der Waals surface area contributed by atoms with Crippen LogP contribution in [0.15, 0.2) is 53.0 Å². The Bertz CT molecular complexity index is 1270. The van der Waals surface area contributed by atoms with Gasteiger partial charge in [-0.3, -0.25) is 19.2 Å². The number of nitrogens with one attached hydrogen (secondary N) is 1. The van der Waals surface area contributed by atoms with Crippen molar-refractivity contribution in [2.45, 2.75) is 69.3 Å². The van der Waals surface area contributed by atoms with Gasteiger partial charge in [-0.05, 0) is 30.9 Å². The largest absolute Gasteiger partial charge is 0.455 e. The minimum Gasteiger partial charge on any atom is -0.455 e. The topological polar surface area (TPSA) is 125 Å². The highest BCUT2D eigenvalue weighted by atomic mass is 79.9. The van der Waals surface area contributed by atoms with Crippen LogP contribution >= 0.6 is 15.9 Å². The molecule has 11 heteroatoms. The van der Waals surface area contributed by atoms with Crippen LogP contribution in [0.1, 0.15) is 57.1 Å². The molecule has 2 fully saturated rings. The molecule has 1 aromatic carbocycles. The van der Waals surface area contributed by atoms with Crippen molar-refractivity contribution in [3.05, 3.63) is 58.6 Å². The number of hydrogen-bond acceptors (Lipinski definition) is 7. The molecule has 10 nitrogen and oxygen atoms in total. The molecular weight excluding hydrogens is 618 g/mol. The summed E-state index contributed by atoms with van der Waals surface area (Å²) < 4.78 is 13.2. The molecule has 0 aliphatic carbocycles. The summed E-state index contributed by atoms with van der Waals surface area (Å²) in [6.07, 6.45) is 7.75. The molecule has 0 unspecified atom stereocenters. The molecule has 232 valence electrons. The SMILES string of the molecule is CCCCCN1C/C=C\CCC(=O)NC[C@@H](c2ccccc2)OC(=O)[C@@H]2[C@H]3O[C@@]4(C=C3Br)[C@H](C1=O)N(CCCO)C(=O)[C@@H]24. The van der Waals surface area contributed by atoms with Crippen molar-refractivity contribution in [2.24, 2.45) is 11.8 Å². The van der Waals surface area contributed by atoms with E-state index in [1.807, 2.05) is 42.5 Å². The maximum Gasteiger partial charge on any atom is 0.313 e. The van der Waals surface area contributed by atoms with Crippen molar-refractivity contribution in [3.63, 3.8) is 0 Å². The van der Waals surface area contributed by atoms with Crippen molar-refractivity contribution in [1.82, 2.24) is 15.1 Å². The van der Waals surface area contributed by atoms with Crippen LogP contribution in [0.4, 0.5) is 0 Å². The number of aliphatic hydroxyl groups excluding tert-OH is 1. The second-order valence-electron chi connectivity index (χ2n) is 11.6. The first-order valence-electron chi connectivity index (χ1n) is 15.3. The Morgan fingerprint density at radius 3 is 2.58 bits per heavy atom. The Balaban J connectivity index is 1.55. The van der Waals surface area contributed by atoms with Crippen molar-refractivity contribution in [3.8, 4) is 0 Å². The number of rotatable bonds is 8. The Morgan fingerprint density at radius 1 is 1.05 bits per heavy atom. The fourth-order valence-electron chi connectivity index (χ4n) is 6.71. The lowest BCUT2D eigenvalue weighted by Gasteiger charge is -2.36. The molecule has 5 bridgehead atoms. The van der Waals surface area contributed by atoms with Crippen molar-refractivity contribution >= 4 is 39.6 Å². The van der Waals surface area contributed by atoms with Gasteiger partial charge in [0.1, 0.15) is 29.8 Å². The minimum absolute atomic E-state index is 0.0756. The molecule has 1 aromatic rings. The average Bonchev–Trinajstić information content (AvgIpc) is 3.59. The molecule has 2 N–H and O–H groups in total. The van der Waals surface area contributed by atoms with Crippen LogP contribution in [0.3, 0.4) is 0 Å². The second kappa shape index (κ2) is 13.7. The average molecular weight is 659 g/mol. The van der Waals surface area contributed by atoms with Gasteiger partial charge in [-0.15, -0.1) is 0 Å². The summed E-state index contributed by atoms with van der Waals surface area (Å²) in [6, 6.07) is 8.16. The zero-order valence-corrected chi connectivity index (χ0v) is 26.0. The highest BCUT2D eigenvalue weighted by molar-refractivity contribution is 9.11. The Morgan fingerprint density at radius 2 is 1.84 bits per heavy atom. The lowest BCUT2D eigenvalue weighted by molar-refractivity contribution is -0.159. The van der Waals surface area contributed by atoms with E-state index in [2.05, 4.69) is 28.2 Å². The Kier molecular flexibility index (Phi) is 10.0. The number of ether oxygens (including phenoxy) is 2. The molecule has 6 atom stereocenters. The summed E-state index contributed by atoms with van der Waals surface area (Å²) in [4.78, 5) is 58.5. The number of fused-ring (bicyclic) bond motifs is 2. The quantitative estimate of drug-likeness (QED) is 0.250. The third-order valence-corrected chi connectivity index (χ3v) is 9.46. The molecule has 4 heterocycles. The standard InChI is InChI=1S/C32H40BrN3O7/c1-2-3-9-15-35-16-10-5-8-14-24(38)34-20-23(21-12-6-4-7-13-21)42-31(41)25-26-29(39)36(17-11-18-37)28(30(35)40)32(26)19-22(33)27(25)43-32/h4-7,10,12-13,19,23,25-28,37H,2-3,8-9,11,14-18,20H2,1H3,(H,34,38)/b10-5-/t23-,25-,26+,27-,28-,32+/m0/s1. The lowest BCUT2D eigenvalue weighted by atomic mass is 9.74. The van der Waals surface area contributed by atoms with Gasteiger partial charge >= 0.3 is 5.97 Å². The van der Waals surface area contributed by atoms with Crippen LogP contribution in [0.2, 0.25) is 0 Å². The molecule has 4 aliphatic heterocycles. The third-order valence-electron chi connectivity index (χ3n) is 8.78. The van der Waals surface area contributed by atoms with Crippen LogP contribution in [-0.4, -0.2) is 89.1 Å². The molecule has 0 radical (unpaired) electrons. The van der Waals surface area contributed by atoms with E-state index in [1.165, 1.54) is 4.90 Å². The van der Waals surface area contributed by atoms with Gasteiger partial charge in [-0.2, -0.15) is 0 Å². The van der Waals surface area contributed by atoms with E-state index in [0.29, 0.717) is 29.6 Å². The molecule has 3 amide bonds. The summed E-state index contributed by atoms with van der Waals surface area (Å²) >= 11 is 3.57. The van der Waals surface area contributed by atoms with Crippen molar-refractivity contribution < 1.29 is 33.8 Å². The van der Waals surface area contributed by atoms with Gasteiger partial charge in [0, 0.05) is 37.1 Å². The van der Waals surface area contributed by atoms with Crippen molar-refractivity contribution in [1.29, 1.82) is 0 Å².